The Bertz CT molecular complexity index is 1120. The predicted octanol–water partition coefficient (Wildman–Crippen LogP) is 4.91. The van der Waals surface area contributed by atoms with Crippen LogP contribution in [-0.2, 0) is 23.9 Å². The zero-order valence-electron chi connectivity index (χ0n) is 15.3. The zero-order valence-corrected chi connectivity index (χ0v) is 15.3. The highest BCUT2D eigenvalue weighted by Crippen LogP contribution is 2.37. The zero-order chi connectivity index (χ0) is 21.4. The molecular formula is C21H16F4N2O2. The number of carbonyl (C=O) groups is 1. The fourth-order valence-electron chi connectivity index (χ4n) is 3.11. The maximum absolute atomic E-state index is 13.5. The first kappa shape index (κ1) is 20.6. The molecule has 0 spiro atoms. The number of hydrogen-bond donors (Lipinski definition) is 1. The SMILES string of the molecule is [C-]#[N+]c1ccc(CC(=O)[C@@](C)(O)Cn2ccc3ccc(F)cc32)cc1C(F)(F)F. The minimum atomic E-state index is -4.73. The van der Waals surface area contributed by atoms with Crippen LogP contribution in [0, 0.1) is 12.4 Å². The summed E-state index contributed by atoms with van der Waals surface area (Å²) in [6.07, 6.45) is -3.57. The number of halogens is 4. The standard InChI is InChI=1S/C21H16F4N2O2/c1-20(29,12-27-8-7-14-4-5-15(22)11-18(14)27)19(28)10-13-3-6-17(26-2)16(9-13)21(23,24)25/h3-9,11,29H,10,12H2,1H3/t20-/m0/s1. The van der Waals surface area contributed by atoms with Gasteiger partial charge in [0.25, 0.3) is 0 Å². The molecule has 3 aromatic rings. The number of aromatic nitrogens is 1. The maximum Gasteiger partial charge on any atom is 0.407 e. The summed E-state index contributed by atoms with van der Waals surface area (Å²) in [5, 5.41) is 11.4. The summed E-state index contributed by atoms with van der Waals surface area (Å²) in [6, 6.07) is 8.85. The molecule has 1 N–H and O–H groups in total. The van der Waals surface area contributed by atoms with Crippen LogP contribution in [0.15, 0.2) is 48.7 Å². The van der Waals surface area contributed by atoms with Crippen molar-refractivity contribution in [2.45, 2.75) is 31.7 Å². The Morgan fingerprint density at radius 1 is 1.17 bits per heavy atom. The number of aliphatic hydroxyl groups is 1. The van der Waals surface area contributed by atoms with E-state index in [-0.39, 0.29) is 12.1 Å². The fourth-order valence-corrected chi connectivity index (χ4v) is 3.11. The van der Waals surface area contributed by atoms with E-state index in [4.69, 9.17) is 6.57 Å². The van der Waals surface area contributed by atoms with Gasteiger partial charge in [0.2, 0.25) is 0 Å². The lowest BCUT2D eigenvalue weighted by atomic mass is 9.94. The summed E-state index contributed by atoms with van der Waals surface area (Å²) in [4.78, 5) is 15.5. The smallest absolute Gasteiger partial charge is 0.380 e. The molecule has 4 nitrogen and oxygen atoms in total. The molecule has 150 valence electrons. The van der Waals surface area contributed by atoms with Crippen molar-refractivity contribution in [2.75, 3.05) is 0 Å². The molecule has 0 radical (unpaired) electrons. The second-order valence-electron chi connectivity index (χ2n) is 6.98. The van der Waals surface area contributed by atoms with Crippen molar-refractivity contribution in [3.63, 3.8) is 0 Å². The summed E-state index contributed by atoms with van der Waals surface area (Å²) < 4.78 is 54.4. The van der Waals surface area contributed by atoms with Crippen LogP contribution in [0.5, 0.6) is 0 Å². The third-order valence-electron chi connectivity index (χ3n) is 4.67. The van der Waals surface area contributed by atoms with Crippen molar-refractivity contribution in [1.82, 2.24) is 4.57 Å². The van der Waals surface area contributed by atoms with Crippen molar-refractivity contribution in [3.05, 3.63) is 77.0 Å². The lowest BCUT2D eigenvalue weighted by Gasteiger charge is -2.23. The Kier molecular flexibility index (Phi) is 5.20. The van der Waals surface area contributed by atoms with E-state index in [2.05, 4.69) is 4.85 Å². The van der Waals surface area contributed by atoms with Gasteiger partial charge in [0.05, 0.1) is 24.2 Å². The summed E-state index contributed by atoms with van der Waals surface area (Å²) >= 11 is 0. The van der Waals surface area contributed by atoms with Crippen LogP contribution < -0.4 is 0 Å². The molecule has 1 aromatic heterocycles. The number of ketones is 1. The maximum atomic E-state index is 13.5. The molecule has 0 bridgehead atoms. The van der Waals surface area contributed by atoms with E-state index in [1.165, 1.54) is 29.7 Å². The molecule has 0 fully saturated rings. The monoisotopic (exact) mass is 404 g/mol. The average molecular weight is 404 g/mol. The lowest BCUT2D eigenvalue weighted by Crippen LogP contribution is -2.40. The van der Waals surface area contributed by atoms with Crippen molar-refractivity contribution < 1.29 is 27.5 Å². The number of rotatable bonds is 5. The molecule has 0 saturated carbocycles. The first-order valence-corrected chi connectivity index (χ1v) is 8.59. The van der Waals surface area contributed by atoms with Gasteiger partial charge in [0.15, 0.2) is 11.5 Å². The first-order valence-electron chi connectivity index (χ1n) is 8.59. The summed E-state index contributed by atoms with van der Waals surface area (Å²) in [5.74, 6) is -1.16. The Balaban J connectivity index is 1.84. The molecule has 0 aliphatic carbocycles. The van der Waals surface area contributed by atoms with E-state index in [1.807, 2.05) is 0 Å². The number of fused-ring (bicyclic) bond motifs is 1. The number of alkyl halides is 3. The third kappa shape index (κ3) is 4.30. The molecule has 3 rings (SSSR count). The van der Waals surface area contributed by atoms with Crippen LogP contribution in [0.2, 0.25) is 0 Å². The Morgan fingerprint density at radius 2 is 1.90 bits per heavy atom. The molecule has 1 heterocycles. The Labute approximate surface area is 163 Å². The molecule has 0 aliphatic heterocycles. The van der Waals surface area contributed by atoms with E-state index < -0.39 is 41.0 Å². The van der Waals surface area contributed by atoms with E-state index in [0.717, 1.165) is 17.5 Å². The topological polar surface area (TPSA) is 46.6 Å². The Morgan fingerprint density at radius 3 is 2.55 bits per heavy atom. The number of benzene rings is 2. The molecule has 0 unspecified atom stereocenters. The van der Waals surface area contributed by atoms with Crippen molar-refractivity contribution in [3.8, 4) is 0 Å². The minimum Gasteiger partial charge on any atom is -0.380 e. The largest absolute Gasteiger partial charge is 0.407 e. The highest BCUT2D eigenvalue weighted by molar-refractivity contribution is 5.89. The van der Waals surface area contributed by atoms with Crippen LogP contribution >= 0.6 is 0 Å². The lowest BCUT2D eigenvalue weighted by molar-refractivity contribution is -0.138. The quantitative estimate of drug-likeness (QED) is 0.485. The van der Waals surface area contributed by atoms with Crippen LogP contribution in [0.3, 0.4) is 0 Å². The first-order chi connectivity index (χ1) is 13.5. The highest BCUT2D eigenvalue weighted by Gasteiger charge is 2.35. The van der Waals surface area contributed by atoms with Gasteiger partial charge in [0, 0.05) is 12.6 Å². The van der Waals surface area contributed by atoms with Gasteiger partial charge >= 0.3 is 6.18 Å². The third-order valence-corrected chi connectivity index (χ3v) is 4.67. The number of carbonyl (C=O) groups excluding carboxylic acids is 1. The molecular weight excluding hydrogens is 388 g/mol. The Hall–Kier alpha value is -3.18. The molecule has 2 aromatic carbocycles. The van der Waals surface area contributed by atoms with Crippen molar-refractivity contribution in [1.29, 1.82) is 0 Å². The molecule has 0 saturated heterocycles. The van der Waals surface area contributed by atoms with Gasteiger partial charge in [-0.25, -0.2) is 9.24 Å². The van der Waals surface area contributed by atoms with Crippen LogP contribution in [0.1, 0.15) is 18.1 Å². The van der Waals surface area contributed by atoms with E-state index in [9.17, 15) is 27.5 Å². The second kappa shape index (κ2) is 7.33. The summed E-state index contributed by atoms with van der Waals surface area (Å²) in [6.45, 7) is 7.93. The molecule has 0 aliphatic rings. The van der Waals surface area contributed by atoms with E-state index in [1.54, 1.807) is 18.3 Å². The van der Waals surface area contributed by atoms with Crippen LogP contribution in [0.4, 0.5) is 23.2 Å². The predicted molar refractivity (Wildman–Crippen MR) is 98.9 cm³/mol. The molecule has 29 heavy (non-hydrogen) atoms. The van der Waals surface area contributed by atoms with E-state index >= 15 is 0 Å². The van der Waals surface area contributed by atoms with Crippen LogP contribution in [-0.4, -0.2) is 21.1 Å². The normalized spacial score (nSPS) is 13.8. The summed E-state index contributed by atoms with van der Waals surface area (Å²) in [5.41, 5.74) is -3.04. The van der Waals surface area contributed by atoms with E-state index in [0.29, 0.717) is 5.52 Å². The van der Waals surface area contributed by atoms with Gasteiger partial charge in [-0.05, 0) is 42.1 Å². The fraction of sp³-hybridized carbons (Fsp3) is 0.238. The molecule has 1 atom stereocenters. The van der Waals surface area contributed by atoms with Gasteiger partial charge in [0.1, 0.15) is 11.4 Å². The average Bonchev–Trinajstić information content (AvgIpc) is 3.02. The van der Waals surface area contributed by atoms with Gasteiger partial charge in [-0.1, -0.05) is 18.2 Å². The number of Topliss-reactive ketones (excluding diaryl/α,β-unsaturated/α-hetero) is 1. The number of nitrogens with zero attached hydrogens (tertiary/aromatic N) is 2. The molecule has 8 heteroatoms. The minimum absolute atomic E-state index is 0.0402. The van der Waals surface area contributed by atoms with Gasteiger partial charge in [-0.15, -0.1) is 0 Å². The van der Waals surface area contributed by atoms with Gasteiger partial charge in [-0.2, -0.15) is 13.2 Å². The van der Waals surface area contributed by atoms with Gasteiger partial charge < -0.3 is 9.67 Å². The second-order valence-corrected chi connectivity index (χ2v) is 6.98. The summed E-state index contributed by atoms with van der Waals surface area (Å²) in [7, 11) is 0. The number of hydrogen-bond acceptors (Lipinski definition) is 2. The highest BCUT2D eigenvalue weighted by atomic mass is 19.4. The van der Waals surface area contributed by atoms with Crippen LogP contribution in [0.25, 0.3) is 15.7 Å². The molecule has 0 amide bonds. The van der Waals surface area contributed by atoms with Gasteiger partial charge in [-0.3, -0.25) is 4.79 Å². The van der Waals surface area contributed by atoms with Crippen molar-refractivity contribution in [2.24, 2.45) is 0 Å². The van der Waals surface area contributed by atoms with Crippen molar-refractivity contribution >= 4 is 22.4 Å².